The van der Waals surface area contributed by atoms with Gasteiger partial charge in [0.1, 0.15) is 0 Å². The summed E-state index contributed by atoms with van der Waals surface area (Å²) in [4.78, 5) is 33.9. The van der Waals surface area contributed by atoms with E-state index in [4.69, 9.17) is 5.11 Å². The minimum Gasteiger partial charge on any atom is -0.504 e. The van der Waals surface area contributed by atoms with Gasteiger partial charge in [-0.2, -0.15) is 0 Å². The Kier molecular flexibility index (Phi) is 1.94. The number of phenols is 3. The average molecular weight is 222 g/mol. The second kappa shape index (κ2) is 3.06. The molecule has 0 atom stereocenters. The molecule has 0 radical (unpaired) electrons. The fourth-order valence-electron chi connectivity index (χ4n) is 1.57. The van der Waals surface area contributed by atoms with E-state index in [9.17, 15) is 24.6 Å². The summed E-state index contributed by atoms with van der Waals surface area (Å²) in [6.45, 7) is 0. The molecule has 6 nitrogen and oxygen atoms in total. The summed E-state index contributed by atoms with van der Waals surface area (Å²) in [6.07, 6.45) is -0.635. The summed E-state index contributed by atoms with van der Waals surface area (Å²) in [7, 11) is 0. The molecular formula is C10H6O6. The molecular weight excluding hydrogens is 216 g/mol. The van der Waals surface area contributed by atoms with Gasteiger partial charge in [0, 0.05) is 5.56 Å². The van der Waals surface area contributed by atoms with Crippen LogP contribution in [0.4, 0.5) is 0 Å². The Morgan fingerprint density at radius 2 is 1.56 bits per heavy atom. The number of hydrogen-bond donors (Lipinski definition) is 3. The molecule has 0 spiro atoms. The largest absolute Gasteiger partial charge is 0.504 e. The Morgan fingerprint density at radius 1 is 0.938 bits per heavy atom. The van der Waals surface area contributed by atoms with Gasteiger partial charge in [-0.1, -0.05) is 0 Å². The molecule has 0 saturated carbocycles. The first kappa shape index (κ1) is 10.2. The van der Waals surface area contributed by atoms with E-state index in [2.05, 4.69) is 0 Å². The van der Waals surface area contributed by atoms with Crippen molar-refractivity contribution in [3.05, 3.63) is 17.2 Å². The van der Waals surface area contributed by atoms with E-state index in [1.54, 1.807) is 0 Å². The fourth-order valence-corrected chi connectivity index (χ4v) is 1.57. The fraction of sp³-hybridized carbons (Fsp3) is 0.100. The van der Waals surface area contributed by atoms with Crippen LogP contribution in [0.1, 0.15) is 27.1 Å². The van der Waals surface area contributed by atoms with Crippen molar-refractivity contribution in [2.24, 2.45) is 0 Å². The van der Waals surface area contributed by atoms with Crippen LogP contribution in [0.3, 0.4) is 0 Å². The zero-order valence-corrected chi connectivity index (χ0v) is 7.85. The SMILES string of the molecule is O=C1CC(=O)c2c(cc(O)c(O)c2O)C1=O. The van der Waals surface area contributed by atoms with Crippen molar-refractivity contribution in [1.82, 2.24) is 0 Å². The van der Waals surface area contributed by atoms with Crippen molar-refractivity contribution in [2.45, 2.75) is 6.42 Å². The van der Waals surface area contributed by atoms with E-state index < -0.39 is 46.6 Å². The molecule has 6 heteroatoms. The Morgan fingerprint density at radius 3 is 2.19 bits per heavy atom. The smallest absolute Gasteiger partial charge is 0.230 e. The number of hydrogen-bond acceptors (Lipinski definition) is 6. The van der Waals surface area contributed by atoms with Gasteiger partial charge in [-0.15, -0.1) is 0 Å². The van der Waals surface area contributed by atoms with Crippen LogP contribution in [0, 0.1) is 0 Å². The number of benzene rings is 1. The molecule has 1 aromatic carbocycles. The van der Waals surface area contributed by atoms with Crippen LogP contribution in [0.15, 0.2) is 6.07 Å². The third-order valence-electron chi connectivity index (χ3n) is 2.35. The number of carbonyl (C=O) groups is 3. The topological polar surface area (TPSA) is 112 Å². The molecule has 3 N–H and O–H groups in total. The normalized spacial score (nSPS) is 15.1. The summed E-state index contributed by atoms with van der Waals surface area (Å²) in [5, 5.41) is 27.7. The highest BCUT2D eigenvalue weighted by Crippen LogP contribution is 2.41. The lowest BCUT2D eigenvalue weighted by Crippen LogP contribution is -2.26. The maximum absolute atomic E-state index is 11.4. The molecule has 82 valence electrons. The lowest BCUT2D eigenvalue weighted by Gasteiger charge is -2.15. The van der Waals surface area contributed by atoms with Gasteiger partial charge >= 0.3 is 0 Å². The maximum Gasteiger partial charge on any atom is 0.230 e. The van der Waals surface area contributed by atoms with Gasteiger partial charge in [-0.05, 0) is 6.07 Å². The van der Waals surface area contributed by atoms with Crippen LogP contribution in [-0.4, -0.2) is 32.7 Å². The van der Waals surface area contributed by atoms with Gasteiger partial charge in [0.2, 0.25) is 17.3 Å². The minimum atomic E-state index is -0.958. The standard InChI is InChI=1S/C10H6O6/c11-4-2-6(13)8(14)3-1-5(12)9(15)10(16)7(3)4/h1,12,15-16H,2H2. The minimum absolute atomic E-state index is 0.381. The van der Waals surface area contributed by atoms with Crippen LogP contribution >= 0.6 is 0 Å². The molecule has 0 heterocycles. The van der Waals surface area contributed by atoms with Gasteiger partial charge in [0.25, 0.3) is 0 Å². The highest BCUT2D eigenvalue weighted by atomic mass is 16.3. The van der Waals surface area contributed by atoms with E-state index in [-0.39, 0.29) is 5.56 Å². The first-order valence-electron chi connectivity index (χ1n) is 4.32. The highest BCUT2D eigenvalue weighted by Gasteiger charge is 2.35. The quantitative estimate of drug-likeness (QED) is 0.327. The van der Waals surface area contributed by atoms with Crippen LogP contribution in [0.25, 0.3) is 0 Å². The van der Waals surface area contributed by atoms with E-state index in [1.807, 2.05) is 0 Å². The molecule has 0 saturated heterocycles. The van der Waals surface area contributed by atoms with Gasteiger partial charge in [0.05, 0.1) is 12.0 Å². The second-order valence-electron chi connectivity index (χ2n) is 3.37. The number of aromatic hydroxyl groups is 3. The predicted molar refractivity (Wildman–Crippen MR) is 49.7 cm³/mol. The van der Waals surface area contributed by atoms with Gasteiger partial charge in [-0.25, -0.2) is 0 Å². The molecule has 0 fully saturated rings. The zero-order chi connectivity index (χ0) is 12.0. The first-order valence-corrected chi connectivity index (χ1v) is 4.32. The lowest BCUT2D eigenvalue weighted by molar-refractivity contribution is -0.114. The third kappa shape index (κ3) is 1.16. The molecule has 0 aromatic heterocycles. The molecule has 0 unspecified atom stereocenters. The predicted octanol–water partition coefficient (Wildman–Crippen LogP) is 0.142. The summed E-state index contributed by atoms with van der Waals surface area (Å²) in [5.74, 6) is -5.13. The number of fused-ring (bicyclic) bond motifs is 1. The van der Waals surface area contributed by atoms with E-state index >= 15 is 0 Å². The van der Waals surface area contributed by atoms with E-state index in [1.165, 1.54) is 0 Å². The summed E-state index contributed by atoms with van der Waals surface area (Å²) in [5.41, 5.74) is -0.797. The highest BCUT2D eigenvalue weighted by molar-refractivity contribution is 6.51. The summed E-state index contributed by atoms with van der Waals surface area (Å²) >= 11 is 0. The summed E-state index contributed by atoms with van der Waals surface area (Å²) < 4.78 is 0. The van der Waals surface area contributed by atoms with Crippen molar-refractivity contribution in [1.29, 1.82) is 0 Å². The number of phenolic OH excluding ortho intramolecular Hbond substituents is 3. The van der Waals surface area contributed by atoms with Crippen molar-refractivity contribution >= 4 is 17.3 Å². The molecule has 1 aliphatic carbocycles. The molecule has 0 aliphatic heterocycles. The number of rotatable bonds is 0. The lowest BCUT2D eigenvalue weighted by atomic mass is 9.87. The van der Waals surface area contributed by atoms with Crippen LogP contribution in [0.5, 0.6) is 17.2 Å². The monoisotopic (exact) mass is 222 g/mol. The molecule has 16 heavy (non-hydrogen) atoms. The van der Waals surface area contributed by atoms with Crippen LogP contribution < -0.4 is 0 Å². The number of Topliss-reactive ketones (excluding diaryl/α,β-unsaturated/α-hetero) is 3. The summed E-state index contributed by atoms with van der Waals surface area (Å²) in [6, 6.07) is 0.793. The second-order valence-corrected chi connectivity index (χ2v) is 3.37. The Labute approximate surface area is 88.8 Å². The van der Waals surface area contributed by atoms with Gasteiger partial charge < -0.3 is 15.3 Å². The van der Waals surface area contributed by atoms with Crippen LogP contribution in [-0.2, 0) is 4.79 Å². The molecule has 2 rings (SSSR count). The molecule has 1 aliphatic rings. The number of ketones is 3. The Balaban J connectivity index is 2.82. The van der Waals surface area contributed by atoms with E-state index in [0.717, 1.165) is 6.07 Å². The van der Waals surface area contributed by atoms with Gasteiger partial charge in [0.15, 0.2) is 17.3 Å². The Bertz CT molecular complexity index is 543. The van der Waals surface area contributed by atoms with E-state index in [0.29, 0.717) is 0 Å². The van der Waals surface area contributed by atoms with Crippen molar-refractivity contribution in [3.63, 3.8) is 0 Å². The van der Waals surface area contributed by atoms with Crippen molar-refractivity contribution < 1.29 is 29.7 Å². The van der Waals surface area contributed by atoms with Crippen molar-refractivity contribution in [3.8, 4) is 17.2 Å². The third-order valence-corrected chi connectivity index (χ3v) is 2.35. The van der Waals surface area contributed by atoms with Gasteiger partial charge in [-0.3, -0.25) is 14.4 Å². The molecule has 0 amide bonds. The number of carbonyl (C=O) groups excluding carboxylic acids is 3. The van der Waals surface area contributed by atoms with Crippen molar-refractivity contribution in [2.75, 3.05) is 0 Å². The van der Waals surface area contributed by atoms with Crippen LogP contribution in [0.2, 0.25) is 0 Å². The molecule has 1 aromatic rings. The Hall–Kier alpha value is -2.37. The molecule has 0 bridgehead atoms. The zero-order valence-electron chi connectivity index (χ0n) is 7.85. The maximum atomic E-state index is 11.4. The average Bonchev–Trinajstić information content (AvgIpc) is 2.22. The first-order chi connectivity index (χ1) is 7.43.